The standard InChI is InChI=1S/C22H22N2O6S/c1-28-17-6-4-5-15(13-17)22(25)23-16-7-10-19(11-8-16)31(26,27)24-20-12-9-18(29-2)14-21(20)30-3/h4-14,24H,1-3H3,(H,23,25). The highest BCUT2D eigenvalue weighted by atomic mass is 32.2. The molecular formula is C22H22N2O6S. The number of benzene rings is 3. The third kappa shape index (κ3) is 5.26. The summed E-state index contributed by atoms with van der Waals surface area (Å²) in [6.45, 7) is 0. The lowest BCUT2D eigenvalue weighted by atomic mass is 10.2. The molecule has 0 bridgehead atoms. The van der Waals surface area contributed by atoms with Gasteiger partial charge >= 0.3 is 0 Å². The number of hydrogen-bond acceptors (Lipinski definition) is 6. The SMILES string of the molecule is COc1cccc(C(=O)Nc2ccc(S(=O)(=O)Nc3ccc(OC)cc3OC)cc2)c1. The van der Waals surface area contributed by atoms with Gasteiger partial charge in [-0.05, 0) is 54.6 Å². The molecule has 31 heavy (non-hydrogen) atoms. The third-order valence-electron chi connectivity index (χ3n) is 4.41. The molecule has 0 aromatic heterocycles. The number of sulfonamides is 1. The molecule has 0 aliphatic carbocycles. The van der Waals surface area contributed by atoms with Crippen LogP contribution in [0, 0.1) is 0 Å². The van der Waals surface area contributed by atoms with Crippen LogP contribution in [0.5, 0.6) is 17.2 Å². The Morgan fingerprint density at radius 3 is 2.13 bits per heavy atom. The van der Waals surface area contributed by atoms with Gasteiger partial charge in [-0.25, -0.2) is 8.42 Å². The van der Waals surface area contributed by atoms with E-state index in [4.69, 9.17) is 14.2 Å². The van der Waals surface area contributed by atoms with Crippen LogP contribution in [0.4, 0.5) is 11.4 Å². The Hall–Kier alpha value is -3.72. The lowest BCUT2D eigenvalue weighted by molar-refractivity contribution is 0.102. The molecule has 0 unspecified atom stereocenters. The summed E-state index contributed by atoms with van der Waals surface area (Å²) in [5, 5.41) is 2.73. The molecule has 1 amide bonds. The van der Waals surface area contributed by atoms with Gasteiger partial charge in [0.1, 0.15) is 17.2 Å². The average molecular weight is 442 g/mol. The van der Waals surface area contributed by atoms with Gasteiger partial charge in [0.15, 0.2) is 0 Å². The van der Waals surface area contributed by atoms with Crippen LogP contribution >= 0.6 is 0 Å². The van der Waals surface area contributed by atoms with Crippen molar-refractivity contribution in [3.63, 3.8) is 0 Å². The quantitative estimate of drug-likeness (QED) is 0.551. The van der Waals surface area contributed by atoms with E-state index < -0.39 is 10.0 Å². The van der Waals surface area contributed by atoms with Gasteiger partial charge in [-0.1, -0.05) is 6.07 Å². The van der Waals surface area contributed by atoms with Crippen LogP contribution in [0.2, 0.25) is 0 Å². The van der Waals surface area contributed by atoms with Crippen LogP contribution in [0.1, 0.15) is 10.4 Å². The fourth-order valence-corrected chi connectivity index (χ4v) is 3.84. The van der Waals surface area contributed by atoms with Gasteiger partial charge < -0.3 is 19.5 Å². The van der Waals surface area contributed by atoms with Crippen LogP contribution < -0.4 is 24.2 Å². The van der Waals surface area contributed by atoms with Crippen molar-refractivity contribution in [2.45, 2.75) is 4.90 Å². The lowest BCUT2D eigenvalue weighted by Gasteiger charge is -2.13. The summed E-state index contributed by atoms with van der Waals surface area (Å²) in [5.41, 5.74) is 1.15. The molecule has 0 radical (unpaired) electrons. The molecule has 8 nitrogen and oxygen atoms in total. The van der Waals surface area contributed by atoms with Gasteiger partial charge in [0.25, 0.3) is 15.9 Å². The number of amides is 1. The van der Waals surface area contributed by atoms with Crippen molar-refractivity contribution in [1.82, 2.24) is 0 Å². The molecule has 3 aromatic carbocycles. The molecule has 3 rings (SSSR count). The monoisotopic (exact) mass is 442 g/mol. The van der Waals surface area contributed by atoms with Crippen molar-refractivity contribution in [2.24, 2.45) is 0 Å². The minimum atomic E-state index is -3.87. The van der Waals surface area contributed by atoms with Crippen molar-refractivity contribution in [3.8, 4) is 17.2 Å². The van der Waals surface area contributed by atoms with Crippen molar-refractivity contribution in [2.75, 3.05) is 31.4 Å². The molecule has 162 valence electrons. The largest absolute Gasteiger partial charge is 0.497 e. The summed E-state index contributed by atoms with van der Waals surface area (Å²) < 4.78 is 43.5. The van der Waals surface area contributed by atoms with E-state index in [1.807, 2.05) is 0 Å². The Morgan fingerprint density at radius 1 is 0.806 bits per heavy atom. The Morgan fingerprint density at radius 2 is 1.48 bits per heavy atom. The number of carbonyl (C=O) groups is 1. The van der Waals surface area contributed by atoms with Crippen LogP contribution in [-0.2, 0) is 10.0 Å². The average Bonchev–Trinajstić information content (AvgIpc) is 2.79. The maximum Gasteiger partial charge on any atom is 0.262 e. The second-order valence-electron chi connectivity index (χ2n) is 6.38. The van der Waals surface area contributed by atoms with Gasteiger partial charge in [0.05, 0.1) is 31.9 Å². The number of carbonyl (C=O) groups excluding carboxylic acids is 1. The Bertz CT molecular complexity index is 1180. The van der Waals surface area contributed by atoms with Crippen molar-refractivity contribution >= 4 is 27.3 Å². The number of hydrogen-bond donors (Lipinski definition) is 2. The van der Waals surface area contributed by atoms with Crippen LogP contribution in [-0.4, -0.2) is 35.7 Å². The van der Waals surface area contributed by atoms with Crippen LogP contribution in [0.3, 0.4) is 0 Å². The molecule has 0 saturated heterocycles. The van der Waals surface area contributed by atoms with E-state index in [1.165, 1.54) is 45.6 Å². The second-order valence-corrected chi connectivity index (χ2v) is 8.06. The van der Waals surface area contributed by atoms with E-state index in [0.717, 1.165) is 0 Å². The Kier molecular flexibility index (Phi) is 6.66. The smallest absolute Gasteiger partial charge is 0.262 e. The Balaban J connectivity index is 1.75. The summed E-state index contributed by atoms with van der Waals surface area (Å²) in [6.07, 6.45) is 0. The number of ether oxygens (including phenoxy) is 3. The molecule has 0 fully saturated rings. The Labute approximate surface area is 180 Å². The lowest BCUT2D eigenvalue weighted by Crippen LogP contribution is -2.14. The first kappa shape index (κ1) is 22.0. The summed E-state index contributed by atoms with van der Waals surface area (Å²) in [4.78, 5) is 12.4. The van der Waals surface area contributed by atoms with Crippen molar-refractivity contribution in [1.29, 1.82) is 0 Å². The van der Waals surface area contributed by atoms with Gasteiger partial charge in [-0.2, -0.15) is 0 Å². The van der Waals surface area contributed by atoms with E-state index in [9.17, 15) is 13.2 Å². The van der Waals surface area contributed by atoms with Gasteiger partial charge in [0.2, 0.25) is 0 Å². The van der Waals surface area contributed by atoms with E-state index in [2.05, 4.69) is 10.0 Å². The van der Waals surface area contributed by atoms with E-state index >= 15 is 0 Å². The van der Waals surface area contributed by atoms with Gasteiger partial charge in [-0.15, -0.1) is 0 Å². The first-order valence-electron chi connectivity index (χ1n) is 9.16. The minimum absolute atomic E-state index is 0.0322. The summed E-state index contributed by atoms with van der Waals surface area (Å²) in [5.74, 6) is 1.09. The van der Waals surface area contributed by atoms with Crippen LogP contribution in [0.15, 0.2) is 71.6 Å². The molecule has 0 atom stereocenters. The van der Waals surface area contributed by atoms with Crippen molar-refractivity contribution in [3.05, 3.63) is 72.3 Å². The predicted molar refractivity (Wildman–Crippen MR) is 118 cm³/mol. The van der Waals surface area contributed by atoms with E-state index in [0.29, 0.717) is 28.5 Å². The van der Waals surface area contributed by atoms with E-state index in [1.54, 1.807) is 42.5 Å². The third-order valence-corrected chi connectivity index (χ3v) is 5.79. The zero-order chi connectivity index (χ0) is 22.4. The van der Waals surface area contributed by atoms with Gasteiger partial charge in [-0.3, -0.25) is 9.52 Å². The highest BCUT2D eigenvalue weighted by molar-refractivity contribution is 7.92. The highest BCUT2D eigenvalue weighted by Gasteiger charge is 2.17. The number of rotatable bonds is 8. The van der Waals surface area contributed by atoms with E-state index in [-0.39, 0.29) is 16.5 Å². The molecular weight excluding hydrogens is 420 g/mol. The first-order valence-corrected chi connectivity index (χ1v) is 10.6. The number of methoxy groups -OCH3 is 3. The maximum absolute atomic E-state index is 12.8. The minimum Gasteiger partial charge on any atom is -0.497 e. The normalized spacial score (nSPS) is 10.8. The molecule has 0 saturated carbocycles. The zero-order valence-electron chi connectivity index (χ0n) is 17.2. The summed E-state index contributed by atoms with van der Waals surface area (Å²) in [6, 6.07) is 17.3. The van der Waals surface area contributed by atoms with Gasteiger partial charge in [0, 0.05) is 17.3 Å². The molecule has 0 heterocycles. The van der Waals surface area contributed by atoms with Crippen molar-refractivity contribution < 1.29 is 27.4 Å². The molecule has 0 spiro atoms. The first-order chi connectivity index (χ1) is 14.9. The predicted octanol–water partition coefficient (Wildman–Crippen LogP) is 3.77. The maximum atomic E-state index is 12.8. The summed E-state index contributed by atoms with van der Waals surface area (Å²) >= 11 is 0. The molecule has 0 aliphatic heterocycles. The fourth-order valence-electron chi connectivity index (χ4n) is 2.77. The fraction of sp³-hybridized carbons (Fsp3) is 0.136. The molecule has 9 heteroatoms. The number of nitrogens with one attached hydrogen (secondary N) is 2. The zero-order valence-corrected chi connectivity index (χ0v) is 18.0. The molecule has 0 aliphatic rings. The highest BCUT2D eigenvalue weighted by Crippen LogP contribution is 2.31. The summed E-state index contributed by atoms with van der Waals surface area (Å²) in [7, 11) is 0.592. The van der Waals surface area contributed by atoms with Crippen LogP contribution in [0.25, 0.3) is 0 Å². The molecule has 3 aromatic rings. The number of anilines is 2. The second kappa shape index (κ2) is 9.40. The molecule has 2 N–H and O–H groups in total. The topological polar surface area (TPSA) is 103 Å².